The van der Waals surface area contributed by atoms with E-state index in [0.29, 0.717) is 10.0 Å². The van der Waals surface area contributed by atoms with E-state index in [4.69, 9.17) is 4.43 Å². The molecule has 0 saturated heterocycles. The zero-order valence-electron chi connectivity index (χ0n) is 12.6. The molecule has 2 aromatic rings. The van der Waals surface area contributed by atoms with Crippen LogP contribution in [0.15, 0.2) is 72.9 Å². The number of hydrogen-bond acceptors (Lipinski definition) is 1. The van der Waals surface area contributed by atoms with Crippen molar-refractivity contribution in [3.05, 3.63) is 72.9 Å². The Hall–Kier alpha value is -0.913. The Bertz CT molecular complexity index is 574. The Labute approximate surface area is 147 Å². The molecular weight excluding hydrogens is 399 g/mol. The summed E-state index contributed by atoms with van der Waals surface area (Å²) in [5.74, 6) is 0. The minimum absolute atomic E-state index is 0.339. The molecule has 1 saturated carbocycles. The monoisotopic (exact) mass is 420 g/mol. The van der Waals surface area contributed by atoms with Crippen molar-refractivity contribution in [2.75, 3.05) is 0 Å². The fourth-order valence-electron chi connectivity index (χ4n) is 3.21. The maximum absolute atomic E-state index is 6.85. The van der Waals surface area contributed by atoms with Gasteiger partial charge in [0.15, 0.2) is 0 Å². The standard InChI is InChI=1S/C19H21IOSi/c1-2-22(16-10-5-3-6-11-16,17-12-7-4-8-13-17)21-19-15-9-14-18(19)20/h2-8,10-13,18-19H,1,9,14-15H2/t18-,19-/m0/s1. The van der Waals surface area contributed by atoms with E-state index in [9.17, 15) is 0 Å². The molecule has 0 amide bonds. The summed E-state index contributed by atoms with van der Waals surface area (Å²) >= 11 is 2.55. The van der Waals surface area contributed by atoms with Crippen LogP contribution in [0.25, 0.3) is 0 Å². The van der Waals surface area contributed by atoms with Crippen LogP contribution in [0.2, 0.25) is 0 Å². The molecule has 2 aromatic carbocycles. The summed E-state index contributed by atoms with van der Waals surface area (Å²) < 4.78 is 7.45. The second-order valence-electron chi connectivity index (χ2n) is 5.78. The van der Waals surface area contributed by atoms with Crippen LogP contribution in [0.1, 0.15) is 19.3 Å². The number of rotatable bonds is 5. The first-order valence-electron chi connectivity index (χ1n) is 7.83. The van der Waals surface area contributed by atoms with Crippen molar-refractivity contribution in [3.63, 3.8) is 0 Å². The highest BCUT2D eigenvalue weighted by molar-refractivity contribution is 14.1. The average molecular weight is 420 g/mol. The van der Waals surface area contributed by atoms with Gasteiger partial charge in [0.25, 0.3) is 8.32 Å². The van der Waals surface area contributed by atoms with E-state index in [0.717, 1.165) is 6.42 Å². The van der Waals surface area contributed by atoms with E-state index >= 15 is 0 Å². The Balaban J connectivity index is 2.06. The predicted molar refractivity (Wildman–Crippen MR) is 105 cm³/mol. The molecule has 0 radical (unpaired) electrons. The molecular formula is C19H21IOSi. The van der Waals surface area contributed by atoms with Gasteiger partial charge in [-0.25, -0.2) is 0 Å². The lowest BCUT2D eigenvalue weighted by Crippen LogP contribution is -2.61. The lowest BCUT2D eigenvalue weighted by Gasteiger charge is -2.33. The first-order valence-corrected chi connectivity index (χ1v) is 11.1. The Morgan fingerprint density at radius 3 is 1.91 bits per heavy atom. The minimum atomic E-state index is -2.37. The lowest BCUT2D eigenvalue weighted by atomic mass is 10.3. The smallest absolute Gasteiger partial charge is 0.280 e. The molecule has 0 aliphatic heterocycles. The second kappa shape index (κ2) is 7.11. The summed E-state index contributed by atoms with van der Waals surface area (Å²) in [6.45, 7) is 4.19. The maximum atomic E-state index is 6.85. The van der Waals surface area contributed by atoms with E-state index in [-0.39, 0.29) is 0 Å². The molecule has 0 aromatic heterocycles. The SMILES string of the molecule is C=C[Si](O[C@H]1CCC[C@@H]1I)(c1ccccc1)c1ccccc1. The van der Waals surface area contributed by atoms with Gasteiger partial charge < -0.3 is 4.43 Å². The maximum Gasteiger partial charge on any atom is 0.280 e. The van der Waals surface area contributed by atoms with Crippen molar-refractivity contribution in [2.45, 2.75) is 29.3 Å². The molecule has 1 nitrogen and oxygen atoms in total. The highest BCUT2D eigenvalue weighted by Crippen LogP contribution is 2.31. The normalized spacial score (nSPS) is 21.7. The van der Waals surface area contributed by atoms with Crippen LogP contribution in [0.4, 0.5) is 0 Å². The van der Waals surface area contributed by atoms with Gasteiger partial charge in [-0.05, 0) is 29.6 Å². The summed E-state index contributed by atoms with van der Waals surface area (Å²) in [7, 11) is -2.37. The van der Waals surface area contributed by atoms with Gasteiger partial charge in [0.2, 0.25) is 0 Å². The zero-order valence-corrected chi connectivity index (χ0v) is 15.8. The van der Waals surface area contributed by atoms with Gasteiger partial charge in [-0.1, -0.05) is 89.0 Å². The second-order valence-corrected chi connectivity index (χ2v) is 10.6. The van der Waals surface area contributed by atoms with Crippen LogP contribution < -0.4 is 10.4 Å². The van der Waals surface area contributed by atoms with Gasteiger partial charge in [-0.3, -0.25) is 0 Å². The molecule has 0 bridgehead atoms. The van der Waals surface area contributed by atoms with E-state index in [2.05, 4.69) is 95.5 Å². The molecule has 2 atom stereocenters. The van der Waals surface area contributed by atoms with Gasteiger partial charge in [-0.15, -0.1) is 6.58 Å². The molecule has 0 unspecified atom stereocenters. The zero-order chi connectivity index (χ0) is 15.4. The molecule has 1 fully saturated rings. The van der Waals surface area contributed by atoms with Crippen molar-refractivity contribution >= 4 is 41.3 Å². The van der Waals surface area contributed by atoms with Gasteiger partial charge in [0.1, 0.15) is 0 Å². The topological polar surface area (TPSA) is 9.23 Å². The fourth-order valence-corrected chi connectivity index (χ4v) is 7.74. The molecule has 22 heavy (non-hydrogen) atoms. The molecule has 0 spiro atoms. The molecule has 1 aliphatic rings. The summed E-state index contributed by atoms with van der Waals surface area (Å²) in [5, 5.41) is 2.57. The van der Waals surface area contributed by atoms with Crippen LogP contribution in [0.3, 0.4) is 0 Å². The number of alkyl halides is 1. The van der Waals surface area contributed by atoms with E-state index < -0.39 is 8.32 Å². The first kappa shape index (κ1) is 16.0. The summed E-state index contributed by atoms with van der Waals surface area (Å²) in [5.41, 5.74) is 2.10. The first-order chi connectivity index (χ1) is 10.8. The van der Waals surface area contributed by atoms with Crippen LogP contribution in [-0.2, 0) is 4.43 Å². The van der Waals surface area contributed by atoms with Gasteiger partial charge >= 0.3 is 0 Å². The average Bonchev–Trinajstić information content (AvgIpc) is 2.99. The van der Waals surface area contributed by atoms with Crippen LogP contribution >= 0.6 is 22.6 Å². The number of hydrogen-bond donors (Lipinski definition) is 0. The lowest BCUT2D eigenvalue weighted by molar-refractivity contribution is 0.220. The minimum Gasteiger partial charge on any atom is -0.400 e. The summed E-state index contributed by atoms with van der Waals surface area (Å²) in [6.07, 6.45) is 4.03. The fraction of sp³-hybridized carbons (Fsp3) is 0.263. The van der Waals surface area contributed by atoms with Crippen LogP contribution in [0.5, 0.6) is 0 Å². The Morgan fingerprint density at radius 2 is 1.50 bits per heavy atom. The third-order valence-corrected chi connectivity index (χ3v) is 9.46. The highest BCUT2D eigenvalue weighted by Gasteiger charge is 2.41. The summed E-state index contributed by atoms with van der Waals surface area (Å²) in [6, 6.07) is 21.3. The number of benzene rings is 2. The van der Waals surface area contributed by atoms with Crippen molar-refractivity contribution in [1.29, 1.82) is 0 Å². The van der Waals surface area contributed by atoms with E-state index in [1.165, 1.54) is 23.2 Å². The van der Waals surface area contributed by atoms with Gasteiger partial charge in [-0.2, -0.15) is 0 Å². The van der Waals surface area contributed by atoms with Crippen LogP contribution in [0, 0.1) is 0 Å². The molecule has 0 heterocycles. The summed E-state index contributed by atoms with van der Waals surface area (Å²) in [4.78, 5) is 0. The van der Waals surface area contributed by atoms with Crippen molar-refractivity contribution in [1.82, 2.24) is 0 Å². The molecule has 3 rings (SSSR count). The van der Waals surface area contributed by atoms with Gasteiger partial charge in [0, 0.05) is 3.92 Å². The molecule has 0 N–H and O–H groups in total. The Kier molecular flexibility index (Phi) is 5.16. The van der Waals surface area contributed by atoms with Crippen molar-refractivity contribution < 1.29 is 4.43 Å². The van der Waals surface area contributed by atoms with Crippen molar-refractivity contribution in [2.24, 2.45) is 0 Å². The molecule has 114 valence electrons. The van der Waals surface area contributed by atoms with Crippen molar-refractivity contribution in [3.8, 4) is 0 Å². The van der Waals surface area contributed by atoms with E-state index in [1.54, 1.807) is 0 Å². The highest BCUT2D eigenvalue weighted by atomic mass is 127. The number of halogens is 1. The largest absolute Gasteiger partial charge is 0.400 e. The van der Waals surface area contributed by atoms with Crippen LogP contribution in [-0.4, -0.2) is 18.3 Å². The van der Waals surface area contributed by atoms with Gasteiger partial charge in [0.05, 0.1) is 6.10 Å². The molecule has 1 aliphatic carbocycles. The quantitative estimate of drug-likeness (QED) is 0.406. The third kappa shape index (κ3) is 3.07. The predicted octanol–water partition coefficient (Wildman–Crippen LogP) is 3.84. The third-order valence-electron chi connectivity index (χ3n) is 4.40. The van der Waals surface area contributed by atoms with E-state index in [1.807, 2.05) is 0 Å². The molecule has 3 heteroatoms. The Morgan fingerprint density at radius 1 is 0.955 bits per heavy atom.